The van der Waals surface area contributed by atoms with Crippen LogP contribution in [-0.4, -0.2) is 59.6 Å². The van der Waals surface area contributed by atoms with Crippen molar-refractivity contribution in [3.05, 3.63) is 118 Å². The van der Waals surface area contributed by atoms with E-state index in [1.165, 1.54) is 6.20 Å². The molecule has 2 unspecified atom stereocenters. The van der Waals surface area contributed by atoms with Crippen LogP contribution >= 0.6 is 15.9 Å². The molecule has 276 valence electrons. The molecular formula is C39H34BrFN6O7. The van der Waals surface area contributed by atoms with Crippen LogP contribution in [0, 0.1) is 5.95 Å². The van der Waals surface area contributed by atoms with Gasteiger partial charge in [-0.05, 0) is 86.1 Å². The molecule has 4 aliphatic rings. The largest absolute Gasteiger partial charge is 0.508 e. The first-order valence-electron chi connectivity index (χ1n) is 16.8. The van der Waals surface area contributed by atoms with Crippen LogP contribution in [0.4, 0.5) is 4.39 Å². The van der Waals surface area contributed by atoms with Gasteiger partial charge in [-0.25, -0.2) is 20.0 Å². The highest BCUT2D eigenvalue weighted by Gasteiger charge is 2.49. The number of phenolic OH excluding ortho intramolecular Hbond substituents is 1. The number of fused-ring (bicyclic) bond motifs is 8. The van der Waals surface area contributed by atoms with Crippen molar-refractivity contribution in [2.75, 3.05) is 26.9 Å². The number of pyridine rings is 2. The number of nitrogens with zero attached hydrogens (tertiary/aromatic N) is 4. The van der Waals surface area contributed by atoms with Gasteiger partial charge in [0.05, 0.1) is 17.4 Å². The Morgan fingerprint density at radius 3 is 2.17 bits per heavy atom. The van der Waals surface area contributed by atoms with Crippen molar-refractivity contribution < 1.29 is 37.9 Å². The van der Waals surface area contributed by atoms with Crippen LogP contribution in [0.5, 0.6) is 34.6 Å². The second-order valence-electron chi connectivity index (χ2n) is 13.6. The molecule has 2 spiro atoms. The van der Waals surface area contributed by atoms with Gasteiger partial charge in [-0.3, -0.25) is 0 Å². The number of halogens is 2. The third kappa shape index (κ3) is 6.08. The molecule has 2 atom stereocenters. The first-order chi connectivity index (χ1) is 25.9. The maximum Gasteiger partial charge on any atom is 0.283 e. The van der Waals surface area contributed by atoms with E-state index < -0.39 is 22.6 Å². The smallest absolute Gasteiger partial charge is 0.283 e. The summed E-state index contributed by atoms with van der Waals surface area (Å²) in [6.07, 6.45) is 3.00. The molecular weight excluding hydrogens is 763 g/mol. The Labute approximate surface area is 317 Å². The Morgan fingerprint density at radius 1 is 0.833 bits per heavy atom. The van der Waals surface area contributed by atoms with Gasteiger partial charge in [0, 0.05) is 40.0 Å². The number of methoxy groups -OCH3 is 1. The Morgan fingerprint density at radius 2 is 1.48 bits per heavy atom. The summed E-state index contributed by atoms with van der Waals surface area (Å²) in [6.45, 7) is 4.60. The second-order valence-corrected chi connectivity index (χ2v) is 14.5. The average molecular weight is 798 g/mol. The number of benzene rings is 3. The third-order valence-electron chi connectivity index (χ3n) is 9.59. The maximum absolute atomic E-state index is 14.4. The second kappa shape index (κ2) is 13.2. The van der Waals surface area contributed by atoms with E-state index in [9.17, 15) is 9.50 Å². The van der Waals surface area contributed by atoms with Gasteiger partial charge >= 0.3 is 0 Å². The lowest BCUT2D eigenvalue weighted by atomic mass is 9.81. The van der Waals surface area contributed by atoms with Gasteiger partial charge in [0.25, 0.3) is 12.0 Å². The molecule has 0 radical (unpaired) electrons. The zero-order chi connectivity index (χ0) is 37.8. The van der Waals surface area contributed by atoms with Gasteiger partial charge in [-0.2, -0.15) is 4.39 Å². The molecule has 2 aromatic heterocycles. The minimum atomic E-state index is -1.01. The van der Waals surface area contributed by atoms with Gasteiger partial charge < -0.3 is 45.0 Å². The maximum atomic E-state index is 14.4. The van der Waals surface area contributed by atoms with E-state index >= 15 is 0 Å². The molecule has 5 N–H and O–H groups in total. The molecule has 5 aromatic rings. The van der Waals surface area contributed by atoms with Crippen LogP contribution in [0.15, 0.2) is 99.6 Å². The number of hydrogen-bond donors (Lipinski definition) is 3. The van der Waals surface area contributed by atoms with Crippen LogP contribution in [0.2, 0.25) is 0 Å². The van der Waals surface area contributed by atoms with Crippen molar-refractivity contribution in [3.8, 4) is 45.8 Å². The number of aromatic hydroxyl groups is 1. The van der Waals surface area contributed by atoms with Crippen molar-refractivity contribution in [1.29, 1.82) is 0 Å². The molecule has 0 fully saturated rings. The lowest BCUT2D eigenvalue weighted by molar-refractivity contribution is -0.0148. The van der Waals surface area contributed by atoms with E-state index in [0.29, 0.717) is 57.7 Å². The summed E-state index contributed by atoms with van der Waals surface area (Å²) in [7, 11) is 1.63. The molecule has 6 heterocycles. The normalized spacial score (nSPS) is 20.0. The monoisotopic (exact) mass is 796 g/mol. The summed E-state index contributed by atoms with van der Waals surface area (Å²) < 4.78 is 49.7. The van der Waals surface area contributed by atoms with Crippen molar-refractivity contribution >= 4 is 28.0 Å². The molecule has 54 heavy (non-hydrogen) atoms. The van der Waals surface area contributed by atoms with Crippen molar-refractivity contribution in [1.82, 2.24) is 9.97 Å². The number of ether oxygens (including phenoxy) is 6. The number of aliphatic imine (C=N–C) groups is 2. The minimum absolute atomic E-state index is 0.0543. The summed E-state index contributed by atoms with van der Waals surface area (Å²) in [5.74, 6) is 2.38. The van der Waals surface area contributed by atoms with Crippen LogP contribution < -0.4 is 25.7 Å². The molecule has 9 rings (SSSR count). The van der Waals surface area contributed by atoms with Crippen molar-refractivity contribution in [3.63, 3.8) is 0 Å². The fraction of sp³-hybridized carbons (Fsp3) is 0.231. The molecule has 0 saturated carbocycles. The fourth-order valence-corrected chi connectivity index (χ4v) is 7.05. The quantitative estimate of drug-likeness (QED) is 0.163. The molecule has 13 nitrogen and oxygen atoms in total. The number of phenols is 1. The topological polar surface area (TPSA) is 178 Å². The van der Waals surface area contributed by atoms with Gasteiger partial charge in [-0.15, -0.1) is 0 Å². The number of nitrogens with two attached hydrogens (primary N) is 2. The summed E-state index contributed by atoms with van der Waals surface area (Å²) in [5, 5.41) is 9.82. The SMILES string of the molecule is COC(C)(C)COc1cnc2c(c1)C1(COC(N)=N1)c1cc(-c3cccnc3F)ccc1O2.NC1=NC2(CO1)c1cc(O)ccc1Oc1ccc(Br)cc12. The molecule has 0 saturated heterocycles. The van der Waals surface area contributed by atoms with E-state index in [-0.39, 0.29) is 31.0 Å². The van der Waals surface area contributed by atoms with E-state index in [1.54, 1.807) is 55.8 Å². The molecule has 0 aliphatic carbocycles. The number of hydrogen-bond acceptors (Lipinski definition) is 13. The van der Waals surface area contributed by atoms with Gasteiger partial charge in [0.15, 0.2) is 11.1 Å². The minimum Gasteiger partial charge on any atom is -0.508 e. The predicted octanol–water partition coefficient (Wildman–Crippen LogP) is 6.63. The Kier molecular flexibility index (Phi) is 8.57. The van der Waals surface area contributed by atoms with Gasteiger partial charge in [0.1, 0.15) is 48.6 Å². The van der Waals surface area contributed by atoms with E-state index in [0.717, 1.165) is 15.6 Å². The highest BCUT2D eigenvalue weighted by Crippen LogP contribution is 2.53. The number of aromatic nitrogens is 2. The van der Waals surface area contributed by atoms with E-state index in [2.05, 4.69) is 35.9 Å². The lowest BCUT2D eigenvalue weighted by Crippen LogP contribution is -2.32. The van der Waals surface area contributed by atoms with E-state index in [4.69, 9.17) is 39.9 Å². The molecule has 0 amide bonds. The Balaban J connectivity index is 0.000000169. The Hall–Kier alpha value is -5.93. The molecule has 15 heteroatoms. The van der Waals surface area contributed by atoms with Gasteiger partial charge in [0.2, 0.25) is 11.8 Å². The van der Waals surface area contributed by atoms with Crippen LogP contribution in [0.3, 0.4) is 0 Å². The zero-order valence-corrected chi connectivity index (χ0v) is 30.9. The first kappa shape index (κ1) is 35.1. The summed E-state index contributed by atoms with van der Waals surface area (Å²) in [4.78, 5) is 17.4. The third-order valence-corrected chi connectivity index (χ3v) is 10.1. The molecule has 4 aliphatic heterocycles. The van der Waals surface area contributed by atoms with Crippen LogP contribution in [-0.2, 0) is 25.3 Å². The van der Waals surface area contributed by atoms with Crippen molar-refractivity contribution in [2.24, 2.45) is 21.5 Å². The van der Waals surface area contributed by atoms with Crippen molar-refractivity contribution in [2.45, 2.75) is 30.5 Å². The van der Waals surface area contributed by atoms with Crippen LogP contribution in [0.25, 0.3) is 11.1 Å². The zero-order valence-electron chi connectivity index (χ0n) is 29.3. The number of rotatable bonds is 5. The molecule has 3 aromatic carbocycles. The fourth-order valence-electron chi connectivity index (χ4n) is 6.69. The summed E-state index contributed by atoms with van der Waals surface area (Å²) in [5.41, 5.74) is 13.4. The summed E-state index contributed by atoms with van der Waals surface area (Å²) >= 11 is 3.46. The first-order valence-corrected chi connectivity index (χ1v) is 17.6. The van der Waals surface area contributed by atoms with E-state index in [1.807, 2.05) is 44.2 Å². The summed E-state index contributed by atoms with van der Waals surface area (Å²) in [6, 6.07) is 21.4. The standard InChI is InChI=1S/C24H23FN4O4.C15H11BrN2O3/c1-23(2,30-3)12-31-15-10-18-21(28-11-15)33-19-7-6-14(16-5-4-8-27-20(16)25)9-17(19)24(18)13-32-22(26)29-24;16-8-1-3-12-10(5-8)15(7-20-14(17)18-15)11-6-9(19)2-4-13(11)21-12/h4-11H,12-13H2,1-3H3,(H2,26,29);1-6,19H,7H2,(H2,17,18). The van der Waals surface area contributed by atoms with Gasteiger partial charge in [-0.1, -0.05) is 22.0 Å². The molecule has 0 bridgehead atoms. The highest BCUT2D eigenvalue weighted by atomic mass is 79.9. The predicted molar refractivity (Wildman–Crippen MR) is 200 cm³/mol. The highest BCUT2D eigenvalue weighted by molar-refractivity contribution is 9.10. The average Bonchev–Trinajstić information content (AvgIpc) is 3.75. The number of amidine groups is 2. The lowest BCUT2D eigenvalue weighted by Gasteiger charge is -2.33. The van der Waals surface area contributed by atoms with Crippen LogP contribution in [0.1, 0.15) is 36.1 Å². The Bertz CT molecular complexity index is 2320.